The summed E-state index contributed by atoms with van der Waals surface area (Å²) >= 11 is 3.52. The number of rotatable bonds is 11. The van der Waals surface area contributed by atoms with Crippen molar-refractivity contribution in [3.05, 3.63) is 63.6 Å². The fraction of sp³-hybridized carbons (Fsp3) is 0.462. The Morgan fingerprint density at radius 1 is 1.06 bits per heavy atom. The predicted molar refractivity (Wildman–Crippen MR) is 133 cm³/mol. The highest BCUT2D eigenvalue weighted by Gasteiger charge is 2.29. The van der Waals surface area contributed by atoms with Crippen molar-refractivity contribution < 1.29 is 14.3 Å². The monoisotopic (exact) mass is 502 g/mol. The number of benzene rings is 2. The third-order valence-electron chi connectivity index (χ3n) is 5.58. The molecule has 6 heteroatoms. The molecule has 2 aromatic carbocycles. The minimum atomic E-state index is -0.563. The lowest BCUT2D eigenvalue weighted by atomic mass is 10.1. The number of halogens is 1. The molecule has 174 valence electrons. The molecular weight excluding hydrogens is 468 g/mol. The van der Waals surface area contributed by atoms with E-state index in [4.69, 9.17) is 4.74 Å². The lowest BCUT2D eigenvalue weighted by Gasteiger charge is -2.31. The molecule has 0 fully saturated rings. The molecular formula is C26H35BrN2O3. The summed E-state index contributed by atoms with van der Waals surface area (Å²) in [6.45, 7) is 10.2. The number of nitrogens with zero attached hydrogens (tertiary/aromatic N) is 1. The molecule has 5 nitrogen and oxygen atoms in total. The Labute approximate surface area is 200 Å². The van der Waals surface area contributed by atoms with Crippen molar-refractivity contribution in [3.63, 3.8) is 0 Å². The van der Waals surface area contributed by atoms with Gasteiger partial charge in [-0.05, 0) is 72.3 Å². The highest BCUT2D eigenvalue weighted by molar-refractivity contribution is 9.10. The van der Waals surface area contributed by atoms with Crippen molar-refractivity contribution in [1.82, 2.24) is 10.2 Å². The second kappa shape index (κ2) is 12.6. The predicted octanol–water partition coefficient (Wildman–Crippen LogP) is 5.42. The molecule has 0 saturated carbocycles. The van der Waals surface area contributed by atoms with Crippen LogP contribution in [0.1, 0.15) is 57.2 Å². The molecule has 2 amide bonds. The summed E-state index contributed by atoms with van der Waals surface area (Å²) < 4.78 is 6.66. The van der Waals surface area contributed by atoms with Crippen LogP contribution in [0.25, 0.3) is 0 Å². The molecule has 0 aromatic heterocycles. The van der Waals surface area contributed by atoms with Crippen LogP contribution in [0.4, 0.5) is 0 Å². The number of hydrogen-bond acceptors (Lipinski definition) is 3. The Morgan fingerprint density at radius 3 is 2.41 bits per heavy atom. The van der Waals surface area contributed by atoms with E-state index in [2.05, 4.69) is 28.2 Å². The van der Waals surface area contributed by atoms with Crippen LogP contribution in [0.5, 0.6) is 5.75 Å². The molecule has 0 spiro atoms. The van der Waals surface area contributed by atoms with Gasteiger partial charge in [-0.25, -0.2) is 0 Å². The van der Waals surface area contributed by atoms with Crippen LogP contribution >= 0.6 is 15.9 Å². The number of aryl methyl sites for hydroxylation is 2. The Morgan fingerprint density at radius 2 is 1.81 bits per heavy atom. The van der Waals surface area contributed by atoms with E-state index in [0.717, 1.165) is 28.4 Å². The molecule has 1 N–H and O–H groups in total. The first-order valence-electron chi connectivity index (χ1n) is 11.4. The van der Waals surface area contributed by atoms with E-state index in [1.165, 1.54) is 5.56 Å². The quantitative estimate of drug-likeness (QED) is 0.446. The van der Waals surface area contributed by atoms with E-state index >= 15 is 0 Å². The normalized spacial score (nSPS) is 12.7. The van der Waals surface area contributed by atoms with Gasteiger partial charge in [-0.2, -0.15) is 0 Å². The van der Waals surface area contributed by atoms with Crippen molar-refractivity contribution >= 4 is 27.7 Å². The molecule has 32 heavy (non-hydrogen) atoms. The second-order valence-electron chi connectivity index (χ2n) is 8.16. The average Bonchev–Trinajstić information content (AvgIpc) is 2.77. The third-order valence-corrected chi connectivity index (χ3v) is 6.20. The van der Waals surface area contributed by atoms with Gasteiger partial charge in [0.15, 0.2) is 6.61 Å². The van der Waals surface area contributed by atoms with Gasteiger partial charge in [-0.1, -0.05) is 56.7 Å². The summed E-state index contributed by atoms with van der Waals surface area (Å²) in [7, 11) is 0. The van der Waals surface area contributed by atoms with E-state index in [-0.39, 0.29) is 24.5 Å². The van der Waals surface area contributed by atoms with Crippen LogP contribution in [-0.4, -0.2) is 35.4 Å². The summed E-state index contributed by atoms with van der Waals surface area (Å²) in [5, 5.41) is 3.03. The van der Waals surface area contributed by atoms with E-state index in [0.29, 0.717) is 18.7 Å². The third kappa shape index (κ3) is 7.37. The van der Waals surface area contributed by atoms with Crippen LogP contribution in [0.2, 0.25) is 0 Å². The molecule has 2 aromatic rings. The lowest BCUT2D eigenvalue weighted by Crippen LogP contribution is -2.51. The Balaban J connectivity index is 2.23. The van der Waals surface area contributed by atoms with E-state index in [1.807, 2.05) is 70.2 Å². The zero-order valence-corrected chi connectivity index (χ0v) is 21.4. The molecule has 0 saturated heterocycles. The first-order chi connectivity index (χ1) is 15.3. The first-order valence-corrected chi connectivity index (χ1v) is 12.1. The van der Waals surface area contributed by atoms with Crippen molar-refractivity contribution in [2.45, 2.75) is 72.5 Å². The van der Waals surface area contributed by atoms with Crippen molar-refractivity contribution in [2.24, 2.45) is 0 Å². The largest absolute Gasteiger partial charge is 0.483 e. The molecule has 2 atom stereocenters. The molecule has 2 unspecified atom stereocenters. The van der Waals surface area contributed by atoms with Gasteiger partial charge >= 0.3 is 0 Å². The van der Waals surface area contributed by atoms with Gasteiger partial charge in [-0.15, -0.1) is 0 Å². The maximum absolute atomic E-state index is 13.3. The summed E-state index contributed by atoms with van der Waals surface area (Å²) in [5.41, 5.74) is 3.29. The van der Waals surface area contributed by atoms with Gasteiger partial charge in [-0.3, -0.25) is 9.59 Å². The van der Waals surface area contributed by atoms with Crippen LogP contribution in [0.15, 0.2) is 46.9 Å². The maximum Gasteiger partial charge on any atom is 0.261 e. The van der Waals surface area contributed by atoms with Gasteiger partial charge in [0.25, 0.3) is 5.91 Å². The van der Waals surface area contributed by atoms with Gasteiger partial charge < -0.3 is 15.0 Å². The SMILES string of the molecule is CCc1ccc(OCC(=O)N(Cc2cccc(C)c2)C(CC)C(=O)NC(C)CC)c(Br)c1. The molecule has 0 heterocycles. The molecule has 0 aliphatic carbocycles. The maximum atomic E-state index is 13.3. The minimum Gasteiger partial charge on any atom is -0.483 e. The van der Waals surface area contributed by atoms with Crippen LogP contribution in [0, 0.1) is 6.92 Å². The Kier molecular flexibility index (Phi) is 10.2. The van der Waals surface area contributed by atoms with Crippen LogP contribution in [-0.2, 0) is 22.6 Å². The number of hydrogen-bond donors (Lipinski definition) is 1. The molecule has 0 bridgehead atoms. The van der Waals surface area contributed by atoms with Gasteiger partial charge in [0.1, 0.15) is 11.8 Å². The van der Waals surface area contributed by atoms with Gasteiger partial charge in [0.2, 0.25) is 5.91 Å². The fourth-order valence-electron chi connectivity index (χ4n) is 3.47. The fourth-order valence-corrected chi connectivity index (χ4v) is 4.01. The minimum absolute atomic E-state index is 0.0526. The van der Waals surface area contributed by atoms with E-state index < -0.39 is 6.04 Å². The number of ether oxygens (including phenoxy) is 1. The standard InChI is InChI=1S/C26H35BrN2O3/c1-6-19(5)28-26(31)23(8-3)29(16-21-11-9-10-18(4)14-21)25(30)17-32-24-13-12-20(7-2)15-22(24)27/h9-15,19,23H,6-8,16-17H2,1-5H3,(H,28,31). The van der Waals surface area contributed by atoms with Crippen molar-refractivity contribution in [2.75, 3.05) is 6.61 Å². The number of amides is 2. The topological polar surface area (TPSA) is 58.6 Å². The van der Waals surface area contributed by atoms with Crippen LogP contribution < -0.4 is 10.1 Å². The van der Waals surface area contributed by atoms with E-state index in [9.17, 15) is 9.59 Å². The average molecular weight is 503 g/mol. The smallest absolute Gasteiger partial charge is 0.261 e. The molecule has 0 aliphatic heterocycles. The zero-order valence-electron chi connectivity index (χ0n) is 19.8. The summed E-state index contributed by atoms with van der Waals surface area (Å²) in [5.74, 6) is 0.267. The van der Waals surface area contributed by atoms with Crippen molar-refractivity contribution in [3.8, 4) is 5.75 Å². The first kappa shape index (κ1) is 25.9. The van der Waals surface area contributed by atoms with Crippen LogP contribution in [0.3, 0.4) is 0 Å². The number of carbonyl (C=O) groups excluding carboxylic acids is 2. The molecule has 0 aliphatic rings. The zero-order chi connectivity index (χ0) is 23.7. The number of nitrogens with one attached hydrogen (secondary N) is 1. The van der Waals surface area contributed by atoms with Crippen molar-refractivity contribution in [1.29, 1.82) is 0 Å². The summed E-state index contributed by atoms with van der Waals surface area (Å²) in [6.07, 6.45) is 2.28. The number of carbonyl (C=O) groups is 2. The highest BCUT2D eigenvalue weighted by atomic mass is 79.9. The van der Waals surface area contributed by atoms with Gasteiger partial charge in [0, 0.05) is 12.6 Å². The lowest BCUT2D eigenvalue weighted by molar-refractivity contribution is -0.143. The van der Waals surface area contributed by atoms with E-state index in [1.54, 1.807) is 4.90 Å². The summed E-state index contributed by atoms with van der Waals surface area (Å²) in [4.78, 5) is 27.9. The second-order valence-corrected chi connectivity index (χ2v) is 9.01. The molecule has 2 rings (SSSR count). The Bertz CT molecular complexity index is 916. The van der Waals surface area contributed by atoms with Gasteiger partial charge in [0.05, 0.1) is 4.47 Å². The summed E-state index contributed by atoms with van der Waals surface area (Å²) in [6, 6.07) is 13.4. The Hall–Kier alpha value is -2.34. The highest BCUT2D eigenvalue weighted by Crippen LogP contribution is 2.26. The molecule has 0 radical (unpaired) electrons.